The Morgan fingerprint density at radius 3 is 1.58 bits per heavy atom. The molecule has 1 aromatic heterocycles. The number of benzene rings is 7. The van der Waals surface area contributed by atoms with Gasteiger partial charge in [0.15, 0.2) is 0 Å². The Bertz CT molecular complexity index is 2330. The van der Waals surface area contributed by atoms with E-state index in [-0.39, 0.29) is 11.7 Å². The highest BCUT2D eigenvalue weighted by molar-refractivity contribution is 6.21. The van der Waals surface area contributed by atoms with E-state index in [0.29, 0.717) is 0 Å². The molecule has 0 spiro atoms. The fraction of sp³-hybridized carbons (Fsp3) is 0.0750. The van der Waals surface area contributed by atoms with Crippen molar-refractivity contribution < 1.29 is 0 Å². The molecule has 0 radical (unpaired) electrons. The van der Waals surface area contributed by atoms with E-state index < -0.39 is 0 Å². The molecule has 0 bridgehead atoms. The van der Waals surface area contributed by atoms with E-state index >= 15 is 0 Å². The fourth-order valence-corrected chi connectivity index (χ4v) is 6.79. The third-order valence-corrected chi connectivity index (χ3v) is 8.68. The van der Waals surface area contributed by atoms with Crippen LogP contribution >= 0.6 is 0 Å². The second-order valence-electron chi connectivity index (χ2n) is 11.5. The van der Waals surface area contributed by atoms with Crippen molar-refractivity contribution in [1.82, 2.24) is 9.13 Å². The van der Waals surface area contributed by atoms with E-state index in [2.05, 4.69) is 129 Å². The van der Waals surface area contributed by atoms with Gasteiger partial charge in [-0.2, -0.15) is 0 Å². The van der Waals surface area contributed by atoms with E-state index in [1.54, 1.807) is 0 Å². The van der Waals surface area contributed by atoms with Gasteiger partial charge in [0.2, 0.25) is 0 Å². The molecule has 0 fully saturated rings. The van der Waals surface area contributed by atoms with Crippen LogP contribution in [-0.2, 0) is 0 Å². The van der Waals surface area contributed by atoms with Gasteiger partial charge in [-0.15, -0.1) is 0 Å². The Balaban J connectivity index is 1.35. The number of nitrogens with zero attached hydrogens (tertiary/aromatic N) is 2. The number of rotatable bonds is 4. The van der Waals surface area contributed by atoms with Crippen molar-refractivity contribution in [2.45, 2.75) is 19.9 Å². The maximum absolute atomic E-state index is 13.6. The van der Waals surface area contributed by atoms with E-state index in [9.17, 15) is 4.79 Å². The number of hydrogen-bond donors (Lipinski definition) is 0. The summed E-state index contributed by atoms with van der Waals surface area (Å²) in [5.74, 6) is 0. The summed E-state index contributed by atoms with van der Waals surface area (Å²) in [6.45, 7) is 4.11. The van der Waals surface area contributed by atoms with E-state index in [1.807, 2.05) is 33.4 Å². The first-order valence-electron chi connectivity index (χ1n) is 14.9. The van der Waals surface area contributed by atoms with Crippen molar-refractivity contribution in [3.05, 3.63) is 150 Å². The Hall–Kier alpha value is -5.41. The SMILES string of the molecule is CC(C)n1c(=O)n(-c2ccc(-c3c4ccccc4c(-c4ccc5ccccc5c4)c4ccccc34)cc2)c2ccccc21. The molecule has 0 atom stereocenters. The minimum atomic E-state index is -0.0143. The summed E-state index contributed by atoms with van der Waals surface area (Å²) in [7, 11) is 0. The number of aromatic nitrogens is 2. The van der Waals surface area contributed by atoms with Gasteiger partial charge in [0, 0.05) is 6.04 Å². The summed E-state index contributed by atoms with van der Waals surface area (Å²) in [6.07, 6.45) is 0. The van der Waals surface area contributed by atoms with Crippen LogP contribution in [0.1, 0.15) is 19.9 Å². The standard InChI is InChI=1S/C40H30N2O/c1-26(2)41-36-17-9-10-18-37(36)42(40(41)43)31-23-21-28(22-24-31)38-32-13-5-7-15-34(32)39(35-16-8-6-14-33(35)38)30-20-19-27-11-3-4-12-29(27)25-30/h3-26H,1-2H3. The average molecular weight is 555 g/mol. The molecule has 7 aromatic carbocycles. The van der Waals surface area contributed by atoms with Crippen LogP contribution in [0.5, 0.6) is 0 Å². The predicted octanol–water partition coefficient (Wildman–Crippen LogP) is 10.2. The number of fused-ring (bicyclic) bond motifs is 4. The maximum Gasteiger partial charge on any atom is 0.333 e. The zero-order valence-electron chi connectivity index (χ0n) is 24.2. The number of imidazole rings is 1. The lowest BCUT2D eigenvalue weighted by atomic mass is 9.85. The van der Waals surface area contributed by atoms with Gasteiger partial charge in [0.05, 0.1) is 16.7 Å². The largest absolute Gasteiger partial charge is 0.333 e. The van der Waals surface area contributed by atoms with Crippen LogP contribution < -0.4 is 5.69 Å². The lowest BCUT2D eigenvalue weighted by Gasteiger charge is -2.18. The molecular formula is C40H30N2O. The Morgan fingerprint density at radius 2 is 0.977 bits per heavy atom. The number of para-hydroxylation sites is 2. The van der Waals surface area contributed by atoms with Crippen LogP contribution in [0.2, 0.25) is 0 Å². The van der Waals surface area contributed by atoms with Crippen molar-refractivity contribution in [1.29, 1.82) is 0 Å². The van der Waals surface area contributed by atoms with Crippen molar-refractivity contribution in [3.63, 3.8) is 0 Å². The summed E-state index contributed by atoms with van der Waals surface area (Å²) in [5.41, 5.74) is 7.53. The van der Waals surface area contributed by atoms with Gasteiger partial charge in [-0.1, -0.05) is 109 Å². The summed E-state index contributed by atoms with van der Waals surface area (Å²) >= 11 is 0. The van der Waals surface area contributed by atoms with Crippen molar-refractivity contribution >= 4 is 43.4 Å². The molecule has 0 saturated carbocycles. The molecule has 3 nitrogen and oxygen atoms in total. The van der Waals surface area contributed by atoms with Crippen LogP contribution in [0.15, 0.2) is 144 Å². The fourth-order valence-electron chi connectivity index (χ4n) is 6.79. The molecule has 0 saturated heterocycles. The summed E-state index contributed by atoms with van der Waals surface area (Å²) in [6, 6.07) is 49.3. The molecule has 0 aliphatic carbocycles. The molecule has 0 N–H and O–H groups in total. The van der Waals surface area contributed by atoms with Crippen LogP contribution in [-0.4, -0.2) is 9.13 Å². The first kappa shape index (κ1) is 25.3. The molecule has 0 aliphatic heterocycles. The monoisotopic (exact) mass is 554 g/mol. The highest BCUT2D eigenvalue weighted by Crippen LogP contribution is 2.44. The van der Waals surface area contributed by atoms with E-state index in [1.165, 1.54) is 49.0 Å². The molecular weight excluding hydrogens is 524 g/mol. The predicted molar refractivity (Wildman–Crippen MR) is 181 cm³/mol. The Labute approximate surface area is 249 Å². The maximum atomic E-state index is 13.6. The second kappa shape index (κ2) is 9.85. The Kier molecular flexibility index (Phi) is 5.80. The smallest absolute Gasteiger partial charge is 0.289 e. The highest BCUT2D eigenvalue weighted by Gasteiger charge is 2.19. The number of hydrogen-bond acceptors (Lipinski definition) is 1. The normalized spacial score (nSPS) is 11.8. The van der Waals surface area contributed by atoms with Crippen LogP contribution in [0, 0.1) is 0 Å². The zero-order chi connectivity index (χ0) is 29.1. The molecule has 0 amide bonds. The molecule has 206 valence electrons. The molecule has 0 aliphatic rings. The topological polar surface area (TPSA) is 26.9 Å². The quantitative estimate of drug-likeness (QED) is 0.199. The van der Waals surface area contributed by atoms with Crippen LogP contribution in [0.4, 0.5) is 0 Å². The Morgan fingerprint density at radius 1 is 0.488 bits per heavy atom. The first-order chi connectivity index (χ1) is 21.1. The summed E-state index contributed by atoms with van der Waals surface area (Å²) in [5, 5.41) is 7.36. The molecule has 43 heavy (non-hydrogen) atoms. The van der Waals surface area contributed by atoms with Crippen molar-refractivity contribution in [3.8, 4) is 27.9 Å². The summed E-state index contributed by atoms with van der Waals surface area (Å²) in [4.78, 5) is 13.6. The van der Waals surface area contributed by atoms with Crippen LogP contribution in [0.3, 0.4) is 0 Å². The second-order valence-corrected chi connectivity index (χ2v) is 11.5. The molecule has 3 heteroatoms. The first-order valence-corrected chi connectivity index (χ1v) is 14.9. The third kappa shape index (κ3) is 3.93. The zero-order valence-corrected chi connectivity index (χ0v) is 24.2. The minimum absolute atomic E-state index is 0.0143. The van der Waals surface area contributed by atoms with Crippen molar-refractivity contribution in [2.24, 2.45) is 0 Å². The van der Waals surface area contributed by atoms with E-state index in [0.717, 1.165) is 22.3 Å². The molecule has 0 unspecified atom stereocenters. The van der Waals surface area contributed by atoms with Crippen LogP contribution in [0.25, 0.3) is 71.3 Å². The van der Waals surface area contributed by atoms with Gasteiger partial charge in [0.1, 0.15) is 0 Å². The minimum Gasteiger partial charge on any atom is -0.289 e. The van der Waals surface area contributed by atoms with Gasteiger partial charge in [0.25, 0.3) is 0 Å². The van der Waals surface area contributed by atoms with Gasteiger partial charge in [-0.25, -0.2) is 4.79 Å². The van der Waals surface area contributed by atoms with Crippen molar-refractivity contribution in [2.75, 3.05) is 0 Å². The van der Waals surface area contributed by atoms with E-state index in [4.69, 9.17) is 0 Å². The molecule has 8 rings (SSSR count). The average Bonchev–Trinajstić information content (AvgIpc) is 3.35. The van der Waals surface area contributed by atoms with Gasteiger partial charge < -0.3 is 0 Å². The lowest BCUT2D eigenvalue weighted by Crippen LogP contribution is -2.24. The third-order valence-electron chi connectivity index (χ3n) is 8.68. The molecule has 1 heterocycles. The van der Waals surface area contributed by atoms with Gasteiger partial charge >= 0.3 is 5.69 Å². The lowest BCUT2D eigenvalue weighted by molar-refractivity contribution is 0.590. The summed E-state index contributed by atoms with van der Waals surface area (Å²) < 4.78 is 3.70. The highest BCUT2D eigenvalue weighted by atomic mass is 16.1. The van der Waals surface area contributed by atoms with Gasteiger partial charge in [-0.05, 0) is 98.8 Å². The van der Waals surface area contributed by atoms with Gasteiger partial charge in [-0.3, -0.25) is 9.13 Å². The molecule has 8 aromatic rings.